The van der Waals surface area contributed by atoms with Crippen molar-refractivity contribution in [3.63, 3.8) is 0 Å². The maximum Gasteiger partial charge on any atom is 0.339 e. The van der Waals surface area contributed by atoms with Gasteiger partial charge in [0.2, 0.25) is 5.91 Å². The second-order valence-electron chi connectivity index (χ2n) is 5.99. The molecule has 2 aliphatic heterocycles. The van der Waals surface area contributed by atoms with Crippen molar-refractivity contribution in [1.82, 2.24) is 19.7 Å². The lowest BCUT2D eigenvalue weighted by Gasteiger charge is -2.44. The van der Waals surface area contributed by atoms with E-state index in [0.717, 1.165) is 4.90 Å². The molecular weight excluding hydrogens is 414 g/mol. The predicted molar refractivity (Wildman–Crippen MR) is 97.1 cm³/mol. The quantitative estimate of drug-likeness (QED) is 0.388. The molecule has 2 atom stereocenters. The van der Waals surface area contributed by atoms with Gasteiger partial charge in [-0.2, -0.15) is 8.42 Å². The SMILES string of the molecule is Cc1cc(NS(=O)(=O)NC(=O)N2CC(N3C(CC(N)=O)=CSC3N)C2=O)no1. The highest BCUT2D eigenvalue weighted by atomic mass is 32.2. The lowest BCUT2D eigenvalue weighted by Crippen LogP contribution is -2.68. The van der Waals surface area contributed by atoms with Gasteiger partial charge in [0.15, 0.2) is 5.82 Å². The molecule has 0 aromatic carbocycles. The fraction of sp³-hybridized carbons (Fsp3) is 0.385. The first-order valence-electron chi connectivity index (χ1n) is 7.83. The summed E-state index contributed by atoms with van der Waals surface area (Å²) in [5.41, 5.74) is 11.0. The molecule has 2 unspecified atom stereocenters. The Morgan fingerprint density at radius 3 is 2.75 bits per heavy atom. The largest absolute Gasteiger partial charge is 0.369 e. The van der Waals surface area contributed by atoms with Gasteiger partial charge in [0.1, 0.15) is 17.3 Å². The van der Waals surface area contributed by atoms with Crippen molar-refractivity contribution in [3.05, 3.63) is 22.9 Å². The number of likely N-dealkylation sites (tertiary alicyclic amines) is 1. The van der Waals surface area contributed by atoms with E-state index in [0.29, 0.717) is 11.5 Å². The van der Waals surface area contributed by atoms with Crippen LogP contribution in [0.5, 0.6) is 0 Å². The average molecular weight is 431 g/mol. The number of carbonyl (C=O) groups is 3. The number of imide groups is 1. The molecule has 152 valence electrons. The van der Waals surface area contributed by atoms with Crippen LogP contribution < -0.4 is 20.9 Å². The third-order valence-electron chi connectivity index (χ3n) is 3.88. The van der Waals surface area contributed by atoms with Crippen LogP contribution in [0.4, 0.5) is 10.6 Å². The Morgan fingerprint density at radius 2 is 2.18 bits per heavy atom. The van der Waals surface area contributed by atoms with Gasteiger partial charge in [-0.25, -0.2) is 14.2 Å². The molecule has 3 rings (SSSR count). The van der Waals surface area contributed by atoms with Gasteiger partial charge in [0.05, 0.1) is 13.0 Å². The van der Waals surface area contributed by atoms with Crippen LogP contribution in [0.25, 0.3) is 0 Å². The van der Waals surface area contributed by atoms with Crippen molar-refractivity contribution in [2.75, 3.05) is 11.3 Å². The molecule has 3 heterocycles. The second kappa shape index (κ2) is 7.33. The van der Waals surface area contributed by atoms with Crippen LogP contribution in [0.1, 0.15) is 12.2 Å². The van der Waals surface area contributed by atoms with Gasteiger partial charge in [-0.05, 0) is 12.3 Å². The van der Waals surface area contributed by atoms with E-state index in [4.69, 9.17) is 16.0 Å². The normalized spacial score (nSPS) is 21.9. The van der Waals surface area contributed by atoms with Gasteiger partial charge in [0, 0.05) is 11.8 Å². The molecular formula is C13H17N7O6S2. The minimum atomic E-state index is -4.32. The molecule has 2 aliphatic rings. The minimum absolute atomic E-state index is 0.104. The summed E-state index contributed by atoms with van der Waals surface area (Å²) in [6.07, 6.45) is -0.105. The monoisotopic (exact) mass is 431 g/mol. The third-order valence-corrected chi connectivity index (χ3v) is 5.72. The van der Waals surface area contributed by atoms with E-state index in [-0.39, 0.29) is 18.8 Å². The van der Waals surface area contributed by atoms with E-state index >= 15 is 0 Å². The van der Waals surface area contributed by atoms with Crippen molar-refractivity contribution in [3.8, 4) is 0 Å². The molecule has 1 aromatic heterocycles. The molecule has 0 aliphatic carbocycles. The number of hydrogen-bond acceptors (Lipinski definition) is 10. The molecule has 0 spiro atoms. The molecule has 1 aromatic rings. The summed E-state index contributed by atoms with van der Waals surface area (Å²) in [6, 6.07) is -0.613. The number of carbonyl (C=O) groups excluding carboxylic acids is 3. The van der Waals surface area contributed by atoms with Crippen LogP contribution in [0, 0.1) is 6.92 Å². The lowest BCUT2D eigenvalue weighted by molar-refractivity contribution is -0.144. The summed E-state index contributed by atoms with van der Waals surface area (Å²) in [5.74, 6) is -0.998. The Labute approximate surface area is 163 Å². The van der Waals surface area contributed by atoms with Crippen LogP contribution in [0.2, 0.25) is 0 Å². The molecule has 6 N–H and O–H groups in total. The Bertz CT molecular complexity index is 958. The number of rotatable bonds is 6. The fourth-order valence-corrected chi connectivity index (χ4v) is 4.35. The van der Waals surface area contributed by atoms with Crippen molar-refractivity contribution in [1.29, 1.82) is 0 Å². The zero-order chi connectivity index (χ0) is 20.6. The van der Waals surface area contributed by atoms with Gasteiger partial charge in [-0.1, -0.05) is 16.9 Å². The number of primary amides is 1. The Balaban J connectivity index is 1.60. The van der Waals surface area contributed by atoms with Crippen LogP contribution in [-0.2, 0) is 19.8 Å². The van der Waals surface area contributed by atoms with Gasteiger partial charge in [-0.15, -0.1) is 0 Å². The molecule has 0 radical (unpaired) electrons. The van der Waals surface area contributed by atoms with E-state index in [1.165, 1.54) is 22.7 Å². The maximum atomic E-state index is 12.4. The molecule has 15 heteroatoms. The molecule has 0 saturated carbocycles. The van der Waals surface area contributed by atoms with Crippen LogP contribution >= 0.6 is 11.8 Å². The molecule has 1 saturated heterocycles. The van der Waals surface area contributed by atoms with Crippen molar-refractivity contribution >= 4 is 45.6 Å². The van der Waals surface area contributed by atoms with E-state index in [9.17, 15) is 22.8 Å². The Hall–Kier alpha value is -2.78. The lowest BCUT2D eigenvalue weighted by atomic mass is 10.1. The zero-order valence-electron chi connectivity index (χ0n) is 14.5. The summed E-state index contributed by atoms with van der Waals surface area (Å²) in [6.45, 7) is 1.46. The van der Waals surface area contributed by atoms with Crippen LogP contribution in [-0.4, -0.2) is 59.3 Å². The molecule has 0 bridgehead atoms. The predicted octanol–water partition coefficient (Wildman–Crippen LogP) is -1.43. The number of urea groups is 1. The van der Waals surface area contributed by atoms with Crippen LogP contribution in [0.3, 0.4) is 0 Å². The van der Waals surface area contributed by atoms with Gasteiger partial charge in [0.25, 0.3) is 5.91 Å². The highest BCUT2D eigenvalue weighted by molar-refractivity contribution is 8.02. The second-order valence-corrected chi connectivity index (χ2v) is 8.39. The Kier molecular flexibility index (Phi) is 5.22. The topological polar surface area (TPSA) is 194 Å². The molecule has 4 amide bonds. The summed E-state index contributed by atoms with van der Waals surface area (Å²) < 4.78 is 32.4. The average Bonchev–Trinajstić information content (AvgIpc) is 3.11. The smallest absolute Gasteiger partial charge is 0.339 e. The van der Waals surface area contributed by atoms with Gasteiger partial charge in [-0.3, -0.25) is 14.5 Å². The number of nitrogens with zero attached hydrogens (tertiary/aromatic N) is 3. The highest BCUT2D eigenvalue weighted by Gasteiger charge is 2.48. The highest BCUT2D eigenvalue weighted by Crippen LogP contribution is 2.34. The van der Waals surface area contributed by atoms with Gasteiger partial charge < -0.3 is 20.9 Å². The summed E-state index contributed by atoms with van der Waals surface area (Å²) >= 11 is 1.20. The van der Waals surface area contributed by atoms with E-state index in [1.807, 2.05) is 4.72 Å². The summed E-state index contributed by atoms with van der Waals surface area (Å²) in [5, 5.41) is 5.07. The summed E-state index contributed by atoms with van der Waals surface area (Å²) in [7, 11) is -4.32. The number of anilines is 1. The maximum absolute atomic E-state index is 12.4. The van der Waals surface area contributed by atoms with Crippen molar-refractivity contribution < 1.29 is 27.3 Å². The van der Waals surface area contributed by atoms with Crippen LogP contribution in [0.15, 0.2) is 21.7 Å². The number of aromatic nitrogens is 1. The third kappa shape index (κ3) is 4.05. The first kappa shape index (κ1) is 20.0. The number of aryl methyl sites for hydroxylation is 1. The van der Waals surface area contributed by atoms with Gasteiger partial charge >= 0.3 is 16.2 Å². The molecule has 28 heavy (non-hydrogen) atoms. The van der Waals surface area contributed by atoms with Crippen molar-refractivity contribution in [2.45, 2.75) is 24.9 Å². The Morgan fingerprint density at radius 1 is 1.46 bits per heavy atom. The first-order valence-corrected chi connectivity index (χ1v) is 10.3. The fourth-order valence-electron chi connectivity index (χ4n) is 2.67. The number of nitrogens with one attached hydrogen (secondary N) is 2. The van der Waals surface area contributed by atoms with Crippen molar-refractivity contribution in [2.24, 2.45) is 11.5 Å². The summed E-state index contributed by atoms with van der Waals surface area (Å²) in [4.78, 5) is 37.9. The number of amides is 4. The van der Waals surface area contributed by atoms with E-state index < -0.39 is 39.6 Å². The minimum Gasteiger partial charge on any atom is -0.369 e. The zero-order valence-corrected chi connectivity index (χ0v) is 16.1. The molecule has 13 nitrogen and oxygen atoms in total. The first-order chi connectivity index (χ1) is 13.1. The number of thioether (sulfide) groups is 1. The number of β-lactam (4-membered cyclic amide) rings is 1. The number of hydrogen-bond donors (Lipinski definition) is 4. The molecule has 1 fully saturated rings. The number of nitrogens with two attached hydrogens (primary N) is 2. The van der Waals surface area contributed by atoms with E-state index in [1.54, 1.807) is 17.1 Å². The van der Waals surface area contributed by atoms with E-state index in [2.05, 4.69) is 5.16 Å². The standard InChI is InChI=1S/C13H17N7O6S2/c1-6-2-10(16-26-6)17-28(24,25)18-13(23)19-4-8(11(19)22)20-7(3-9(14)21)5-27-12(20)15/h2,5,8,12H,3-4,15H2,1H3,(H2,14,21)(H,16,17)(H,18,23).